The Morgan fingerprint density at radius 1 is 1.19 bits per heavy atom. The summed E-state index contributed by atoms with van der Waals surface area (Å²) in [6.45, 7) is 3.02. The monoisotopic (exact) mass is 386 g/mol. The maximum absolute atomic E-state index is 12.8. The summed E-state index contributed by atoms with van der Waals surface area (Å²) in [5.41, 5.74) is 2.28. The molecule has 6 heteroatoms. The molecule has 3 rings (SSSR count). The first kappa shape index (κ1) is 19.2. The van der Waals surface area contributed by atoms with Crippen LogP contribution in [-0.4, -0.2) is 36.9 Å². The number of hydrogen-bond acceptors (Lipinski definition) is 3. The van der Waals surface area contributed by atoms with Gasteiger partial charge in [-0.05, 0) is 61.7 Å². The second kappa shape index (κ2) is 8.44. The number of ether oxygens (including phenoxy) is 1. The number of nitrogens with zero attached hydrogens (tertiary/aromatic N) is 1. The van der Waals surface area contributed by atoms with Crippen molar-refractivity contribution in [1.82, 2.24) is 4.90 Å². The molecule has 0 aromatic heterocycles. The van der Waals surface area contributed by atoms with Crippen LogP contribution in [0.5, 0.6) is 5.75 Å². The zero-order valence-corrected chi connectivity index (χ0v) is 16.3. The maximum atomic E-state index is 12.8. The molecular weight excluding hydrogens is 364 g/mol. The molecule has 0 bridgehead atoms. The summed E-state index contributed by atoms with van der Waals surface area (Å²) < 4.78 is 5.33. The van der Waals surface area contributed by atoms with Crippen LogP contribution in [0.25, 0.3) is 0 Å². The minimum atomic E-state index is -0.250. The van der Waals surface area contributed by atoms with E-state index in [1.165, 1.54) is 0 Å². The number of methoxy groups -OCH3 is 1. The van der Waals surface area contributed by atoms with Gasteiger partial charge in [0.2, 0.25) is 5.91 Å². The number of aryl methyl sites for hydroxylation is 1. The van der Waals surface area contributed by atoms with Gasteiger partial charge in [-0.15, -0.1) is 0 Å². The van der Waals surface area contributed by atoms with Crippen molar-refractivity contribution in [1.29, 1.82) is 0 Å². The van der Waals surface area contributed by atoms with Gasteiger partial charge in [-0.2, -0.15) is 0 Å². The van der Waals surface area contributed by atoms with Gasteiger partial charge in [0.1, 0.15) is 5.75 Å². The van der Waals surface area contributed by atoms with Crippen molar-refractivity contribution in [3.05, 3.63) is 58.6 Å². The molecule has 1 aliphatic rings. The summed E-state index contributed by atoms with van der Waals surface area (Å²) in [6.07, 6.45) is 1.55. The Labute approximate surface area is 164 Å². The lowest BCUT2D eigenvalue weighted by atomic mass is 9.96. The Morgan fingerprint density at radius 2 is 1.93 bits per heavy atom. The maximum Gasteiger partial charge on any atom is 0.253 e. The Bertz CT molecular complexity index is 836. The van der Waals surface area contributed by atoms with E-state index in [0.717, 1.165) is 18.4 Å². The highest BCUT2D eigenvalue weighted by Crippen LogP contribution is 2.27. The van der Waals surface area contributed by atoms with E-state index < -0.39 is 0 Å². The van der Waals surface area contributed by atoms with Crippen LogP contribution in [-0.2, 0) is 4.79 Å². The van der Waals surface area contributed by atoms with E-state index in [9.17, 15) is 9.59 Å². The van der Waals surface area contributed by atoms with E-state index in [1.807, 2.05) is 25.1 Å². The Morgan fingerprint density at radius 3 is 2.63 bits per heavy atom. The number of hydrogen-bond donors (Lipinski definition) is 1. The van der Waals surface area contributed by atoms with E-state index in [2.05, 4.69) is 5.32 Å². The molecule has 2 aromatic rings. The van der Waals surface area contributed by atoms with Crippen molar-refractivity contribution >= 4 is 29.1 Å². The summed E-state index contributed by atoms with van der Waals surface area (Å²) in [6, 6.07) is 12.5. The quantitative estimate of drug-likeness (QED) is 0.858. The van der Waals surface area contributed by atoms with Crippen molar-refractivity contribution in [3.63, 3.8) is 0 Å². The zero-order chi connectivity index (χ0) is 19.4. The number of anilines is 1. The summed E-state index contributed by atoms with van der Waals surface area (Å²) in [7, 11) is 1.58. The van der Waals surface area contributed by atoms with E-state index >= 15 is 0 Å². The number of piperidine rings is 1. The summed E-state index contributed by atoms with van der Waals surface area (Å²) in [5.74, 6) is 0.212. The first-order valence-electron chi connectivity index (χ1n) is 8.98. The van der Waals surface area contributed by atoms with Gasteiger partial charge >= 0.3 is 0 Å². The third-order valence-corrected chi connectivity index (χ3v) is 5.04. The molecule has 1 atom stereocenters. The summed E-state index contributed by atoms with van der Waals surface area (Å²) in [4.78, 5) is 27.2. The SMILES string of the molecule is COc1ccc(C)cc1NC(=O)[C@@H]1CCCN(C(=O)c2ccc(Cl)cc2)C1. The van der Waals surface area contributed by atoms with Gasteiger partial charge in [-0.3, -0.25) is 9.59 Å². The van der Waals surface area contributed by atoms with Gasteiger partial charge < -0.3 is 15.0 Å². The molecule has 5 nitrogen and oxygen atoms in total. The third-order valence-electron chi connectivity index (χ3n) is 4.78. The van der Waals surface area contributed by atoms with E-state index in [4.69, 9.17) is 16.3 Å². The van der Waals surface area contributed by atoms with Gasteiger partial charge in [-0.25, -0.2) is 0 Å². The van der Waals surface area contributed by atoms with Crippen LogP contribution < -0.4 is 10.1 Å². The highest BCUT2D eigenvalue weighted by atomic mass is 35.5. The lowest BCUT2D eigenvalue weighted by Crippen LogP contribution is -2.43. The molecule has 1 fully saturated rings. The van der Waals surface area contributed by atoms with Crippen LogP contribution in [0.15, 0.2) is 42.5 Å². The molecule has 142 valence electrons. The Kier molecular flexibility index (Phi) is 6.01. The molecule has 0 unspecified atom stereocenters. The van der Waals surface area contributed by atoms with Crippen molar-refractivity contribution < 1.29 is 14.3 Å². The Balaban J connectivity index is 1.68. The van der Waals surface area contributed by atoms with Crippen molar-refractivity contribution in [2.75, 3.05) is 25.5 Å². The molecule has 1 saturated heterocycles. The molecule has 1 heterocycles. The molecule has 0 radical (unpaired) electrons. The number of carbonyl (C=O) groups is 2. The van der Waals surface area contributed by atoms with E-state index in [-0.39, 0.29) is 17.7 Å². The van der Waals surface area contributed by atoms with Crippen LogP contribution in [0.1, 0.15) is 28.8 Å². The largest absolute Gasteiger partial charge is 0.495 e. The molecule has 2 aromatic carbocycles. The molecule has 0 spiro atoms. The second-order valence-corrected chi connectivity index (χ2v) is 7.23. The second-order valence-electron chi connectivity index (χ2n) is 6.79. The fourth-order valence-corrected chi connectivity index (χ4v) is 3.43. The van der Waals surface area contributed by atoms with Crippen LogP contribution in [0.4, 0.5) is 5.69 Å². The Hall–Kier alpha value is -2.53. The molecule has 2 amide bonds. The molecule has 1 aliphatic heterocycles. The van der Waals surface area contributed by atoms with Gasteiger partial charge in [0.25, 0.3) is 5.91 Å². The van der Waals surface area contributed by atoms with E-state index in [1.54, 1.807) is 36.3 Å². The normalized spacial score (nSPS) is 16.7. The number of halogens is 1. The topological polar surface area (TPSA) is 58.6 Å². The summed E-state index contributed by atoms with van der Waals surface area (Å²) >= 11 is 5.89. The zero-order valence-electron chi connectivity index (χ0n) is 15.5. The van der Waals surface area contributed by atoms with Crippen LogP contribution in [0.2, 0.25) is 5.02 Å². The van der Waals surface area contributed by atoms with Crippen LogP contribution in [0.3, 0.4) is 0 Å². The van der Waals surface area contributed by atoms with Crippen LogP contribution in [0, 0.1) is 12.8 Å². The standard InChI is InChI=1S/C21H23ClN2O3/c1-14-5-10-19(27-2)18(12-14)23-20(25)16-4-3-11-24(13-16)21(26)15-6-8-17(22)9-7-15/h5-10,12,16H,3-4,11,13H2,1-2H3,(H,23,25)/t16-/m1/s1. The number of carbonyl (C=O) groups excluding carboxylic acids is 2. The number of amides is 2. The van der Waals surface area contributed by atoms with Gasteiger partial charge in [0, 0.05) is 23.7 Å². The van der Waals surface area contributed by atoms with Crippen molar-refractivity contribution in [2.45, 2.75) is 19.8 Å². The third kappa shape index (κ3) is 4.61. The fourth-order valence-electron chi connectivity index (χ4n) is 3.30. The molecule has 27 heavy (non-hydrogen) atoms. The number of rotatable bonds is 4. The minimum absolute atomic E-state index is 0.0719. The number of likely N-dealkylation sites (tertiary alicyclic amines) is 1. The first-order chi connectivity index (χ1) is 13.0. The molecule has 0 saturated carbocycles. The van der Waals surface area contributed by atoms with E-state index in [0.29, 0.717) is 35.1 Å². The summed E-state index contributed by atoms with van der Waals surface area (Å²) in [5, 5.41) is 3.55. The lowest BCUT2D eigenvalue weighted by Gasteiger charge is -2.32. The lowest BCUT2D eigenvalue weighted by molar-refractivity contribution is -0.121. The number of nitrogens with one attached hydrogen (secondary N) is 1. The predicted molar refractivity (Wildman–Crippen MR) is 106 cm³/mol. The smallest absolute Gasteiger partial charge is 0.253 e. The molecular formula is C21H23ClN2O3. The first-order valence-corrected chi connectivity index (χ1v) is 9.36. The average molecular weight is 387 g/mol. The molecule has 0 aliphatic carbocycles. The van der Waals surface area contributed by atoms with Gasteiger partial charge in [0.05, 0.1) is 18.7 Å². The van der Waals surface area contributed by atoms with Crippen molar-refractivity contribution in [2.24, 2.45) is 5.92 Å². The van der Waals surface area contributed by atoms with Crippen molar-refractivity contribution in [3.8, 4) is 5.75 Å². The highest BCUT2D eigenvalue weighted by molar-refractivity contribution is 6.30. The average Bonchev–Trinajstić information content (AvgIpc) is 2.68. The number of benzene rings is 2. The van der Waals surface area contributed by atoms with Gasteiger partial charge in [0.15, 0.2) is 0 Å². The fraction of sp³-hybridized carbons (Fsp3) is 0.333. The highest BCUT2D eigenvalue weighted by Gasteiger charge is 2.29. The predicted octanol–water partition coefficient (Wildman–Crippen LogP) is 4.15. The minimum Gasteiger partial charge on any atom is -0.495 e. The molecule has 1 N–H and O–H groups in total. The van der Waals surface area contributed by atoms with Gasteiger partial charge in [-0.1, -0.05) is 17.7 Å². The van der Waals surface area contributed by atoms with Crippen LogP contribution >= 0.6 is 11.6 Å².